The van der Waals surface area contributed by atoms with Gasteiger partial charge in [0.2, 0.25) is 0 Å². The number of nitrogen functional groups attached to an aromatic ring is 1. The number of benzene rings is 1. The van der Waals surface area contributed by atoms with Crippen LogP contribution in [0.15, 0.2) is 12.1 Å². The smallest absolute Gasteiger partial charge is 0.407 e. The van der Waals surface area contributed by atoms with Gasteiger partial charge in [-0.15, -0.1) is 0 Å². The number of anilines is 1. The first-order chi connectivity index (χ1) is 15.0. The lowest BCUT2D eigenvalue weighted by molar-refractivity contribution is 0.0477. The molecule has 0 aliphatic rings. The largest absolute Gasteiger partial charge is 0.462 e. The number of alkyl carbamates (subject to hydrolysis) is 1. The summed E-state index contributed by atoms with van der Waals surface area (Å²) in [6, 6.07) is 2.77. The van der Waals surface area contributed by atoms with Crippen LogP contribution in [0.3, 0.4) is 0 Å². The molecule has 0 saturated carbocycles. The molecule has 9 nitrogen and oxygen atoms in total. The number of amides is 1. The molecule has 0 unspecified atom stereocenters. The maximum atomic E-state index is 12.9. The third-order valence-corrected chi connectivity index (χ3v) is 4.24. The highest BCUT2D eigenvalue weighted by atomic mass is 16.6. The number of ketones is 1. The topological polar surface area (TPSA) is 134 Å². The van der Waals surface area contributed by atoms with E-state index >= 15 is 0 Å². The maximum absolute atomic E-state index is 12.9. The second kappa shape index (κ2) is 12.7. The van der Waals surface area contributed by atoms with E-state index in [0.717, 1.165) is 0 Å². The highest BCUT2D eigenvalue weighted by Crippen LogP contribution is 2.26. The number of carbonyl (C=O) groups is 4. The van der Waals surface area contributed by atoms with Crippen LogP contribution in [0, 0.1) is 0 Å². The lowest BCUT2D eigenvalue weighted by Gasteiger charge is -2.19. The molecule has 0 fully saturated rings. The van der Waals surface area contributed by atoms with Crippen molar-refractivity contribution in [3.8, 4) is 0 Å². The summed E-state index contributed by atoms with van der Waals surface area (Å²) in [7, 11) is 0. The molecule has 0 heterocycles. The number of rotatable bonds is 11. The first-order valence-electron chi connectivity index (χ1n) is 10.8. The van der Waals surface area contributed by atoms with Gasteiger partial charge in [-0.3, -0.25) is 4.79 Å². The molecule has 0 bridgehead atoms. The monoisotopic (exact) mass is 450 g/mol. The molecule has 0 radical (unpaired) electrons. The number of Topliss-reactive ketones (excluding diaryl/α,β-unsaturated/α-hetero) is 1. The van der Waals surface area contributed by atoms with Gasteiger partial charge in [0.05, 0.1) is 29.9 Å². The van der Waals surface area contributed by atoms with E-state index in [0.29, 0.717) is 25.8 Å². The van der Waals surface area contributed by atoms with Gasteiger partial charge in [-0.2, -0.15) is 0 Å². The number of nitrogens with two attached hydrogens (primary N) is 1. The molecule has 0 saturated heterocycles. The number of esters is 2. The molecule has 1 aromatic rings. The second-order valence-corrected chi connectivity index (χ2v) is 8.06. The Morgan fingerprint density at radius 3 is 2.12 bits per heavy atom. The fourth-order valence-corrected chi connectivity index (χ4v) is 2.93. The zero-order chi connectivity index (χ0) is 24.3. The van der Waals surface area contributed by atoms with E-state index in [9.17, 15) is 19.2 Å². The summed E-state index contributed by atoms with van der Waals surface area (Å²) < 4.78 is 15.2. The first kappa shape index (κ1) is 26.9. The van der Waals surface area contributed by atoms with E-state index < -0.39 is 23.6 Å². The van der Waals surface area contributed by atoms with Crippen molar-refractivity contribution in [3.63, 3.8) is 0 Å². The zero-order valence-corrected chi connectivity index (χ0v) is 19.5. The molecule has 1 aromatic carbocycles. The molecule has 1 amide bonds. The SMILES string of the molecule is CCOC(=O)c1ccc(N)c(C(=O)CCCCCNC(=O)OC(C)(C)C)c1C(=O)OCC. The molecule has 32 heavy (non-hydrogen) atoms. The van der Waals surface area contributed by atoms with Crippen molar-refractivity contribution in [2.24, 2.45) is 0 Å². The quantitative estimate of drug-likeness (QED) is 0.170. The number of hydrogen-bond donors (Lipinski definition) is 2. The van der Waals surface area contributed by atoms with Gasteiger partial charge in [-0.1, -0.05) is 6.42 Å². The summed E-state index contributed by atoms with van der Waals surface area (Å²) in [5.41, 5.74) is 5.28. The van der Waals surface area contributed by atoms with Crippen LogP contribution < -0.4 is 11.1 Å². The molecule has 0 atom stereocenters. The number of ether oxygens (including phenoxy) is 3. The van der Waals surface area contributed by atoms with Crippen LogP contribution in [0.2, 0.25) is 0 Å². The Morgan fingerprint density at radius 2 is 1.53 bits per heavy atom. The fraction of sp³-hybridized carbons (Fsp3) is 0.565. The van der Waals surface area contributed by atoms with Gasteiger partial charge in [-0.25, -0.2) is 14.4 Å². The van der Waals surface area contributed by atoms with E-state index in [2.05, 4.69) is 5.32 Å². The van der Waals surface area contributed by atoms with Crippen molar-refractivity contribution in [2.45, 2.75) is 65.9 Å². The van der Waals surface area contributed by atoms with Gasteiger partial charge in [0.25, 0.3) is 0 Å². The van der Waals surface area contributed by atoms with E-state index in [1.165, 1.54) is 12.1 Å². The number of unbranched alkanes of at least 4 members (excludes halogenated alkanes) is 2. The number of hydrogen-bond acceptors (Lipinski definition) is 8. The Bertz CT molecular complexity index is 828. The Hall–Kier alpha value is -3.10. The second-order valence-electron chi connectivity index (χ2n) is 8.06. The van der Waals surface area contributed by atoms with Crippen LogP contribution in [0.5, 0.6) is 0 Å². The van der Waals surface area contributed by atoms with Crippen LogP contribution in [-0.2, 0) is 14.2 Å². The van der Waals surface area contributed by atoms with Gasteiger partial charge in [0.15, 0.2) is 5.78 Å². The first-order valence-corrected chi connectivity index (χ1v) is 10.8. The van der Waals surface area contributed by atoms with Gasteiger partial charge in [0.1, 0.15) is 5.60 Å². The highest BCUT2D eigenvalue weighted by molar-refractivity contribution is 6.14. The van der Waals surface area contributed by atoms with Crippen LogP contribution in [-0.4, -0.2) is 49.2 Å². The van der Waals surface area contributed by atoms with E-state index in [1.54, 1.807) is 34.6 Å². The summed E-state index contributed by atoms with van der Waals surface area (Å²) >= 11 is 0. The summed E-state index contributed by atoms with van der Waals surface area (Å²) in [6.07, 6.45) is 1.45. The standard InChI is InChI=1S/C23H34N2O7/c1-6-30-20(27)15-12-13-16(24)19(18(15)21(28)31-7-2)17(26)11-9-8-10-14-25-22(29)32-23(3,4)5/h12-13H,6-11,14,24H2,1-5H3,(H,25,29). The third-order valence-electron chi connectivity index (χ3n) is 4.24. The molecule has 1 rings (SSSR count). The average molecular weight is 451 g/mol. The number of carbonyl (C=O) groups excluding carboxylic acids is 4. The van der Waals surface area contributed by atoms with Gasteiger partial charge in [-0.05, 0) is 59.6 Å². The molecule has 0 aliphatic carbocycles. The van der Waals surface area contributed by atoms with Crippen LogP contribution >= 0.6 is 0 Å². The van der Waals surface area contributed by atoms with Gasteiger partial charge < -0.3 is 25.3 Å². The normalized spacial score (nSPS) is 10.9. The van der Waals surface area contributed by atoms with Crippen molar-refractivity contribution in [1.29, 1.82) is 0 Å². The van der Waals surface area contributed by atoms with Gasteiger partial charge >= 0.3 is 18.0 Å². The minimum Gasteiger partial charge on any atom is -0.462 e. The summed E-state index contributed by atoms with van der Waals surface area (Å²) in [6.45, 7) is 9.23. The third kappa shape index (κ3) is 8.56. The van der Waals surface area contributed by atoms with Crippen LogP contribution in [0.1, 0.15) is 91.4 Å². The number of nitrogens with one attached hydrogen (secondary N) is 1. The van der Waals surface area contributed by atoms with Crippen LogP contribution in [0.4, 0.5) is 10.5 Å². The summed E-state index contributed by atoms with van der Waals surface area (Å²) in [5.74, 6) is -1.89. The van der Waals surface area contributed by atoms with E-state index in [1.807, 2.05) is 0 Å². The molecular weight excluding hydrogens is 416 g/mol. The molecular formula is C23H34N2O7. The van der Waals surface area contributed by atoms with E-state index in [-0.39, 0.29) is 47.8 Å². The van der Waals surface area contributed by atoms with Crippen LogP contribution in [0.25, 0.3) is 0 Å². The lowest BCUT2D eigenvalue weighted by atomic mass is 9.93. The van der Waals surface area contributed by atoms with Crippen molar-refractivity contribution < 1.29 is 33.4 Å². The van der Waals surface area contributed by atoms with Crippen molar-refractivity contribution in [3.05, 3.63) is 28.8 Å². The molecule has 178 valence electrons. The molecule has 3 N–H and O–H groups in total. The highest BCUT2D eigenvalue weighted by Gasteiger charge is 2.28. The van der Waals surface area contributed by atoms with E-state index in [4.69, 9.17) is 19.9 Å². The fourth-order valence-electron chi connectivity index (χ4n) is 2.93. The molecule has 0 aliphatic heterocycles. The molecule has 0 aromatic heterocycles. The maximum Gasteiger partial charge on any atom is 0.407 e. The average Bonchev–Trinajstić information content (AvgIpc) is 2.69. The molecule has 0 spiro atoms. The minimum atomic E-state index is -0.798. The minimum absolute atomic E-state index is 0.0270. The Labute approximate surface area is 189 Å². The predicted octanol–water partition coefficient (Wildman–Crippen LogP) is 3.89. The molecule has 9 heteroatoms. The van der Waals surface area contributed by atoms with Gasteiger partial charge in [0, 0.05) is 18.7 Å². The predicted molar refractivity (Wildman–Crippen MR) is 120 cm³/mol. The van der Waals surface area contributed by atoms with Crippen molar-refractivity contribution in [1.82, 2.24) is 5.32 Å². The van der Waals surface area contributed by atoms with Crippen molar-refractivity contribution >= 4 is 29.5 Å². The zero-order valence-electron chi connectivity index (χ0n) is 19.5. The van der Waals surface area contributed by atoms with Crippen molar-refractivity contribution in [2.75, 3.05) is 25.5 Å². The Morgan fingerprint density at radius 1 is 0.906 bits per heavy atom. The lowest BCUT2D eigenvalue weighted by Crippen LogP contribution is -2.33. The summed E-state index contributed by atoms with van der Waals surface area (Å²) in [5, 5.41) is 2.66. The Balaban J connectivity index is 2.81. The summed E-state index contributed by atoms with van der Waals surface area (Å²) in [4.78, 5) is 49.4. The Kier molecular flexibility index (Phi) is 10.7.